The molecule has 2 aromatic rings. The highest BCUT2D eigenvalue weighted by Gasteiger charge is 2.17. The molecule has 1 aromatic carbocycles. The summed E-state index contributed by atoms with van der Waals surface area (Å²) in [6.07, 6.45) is 0. The summed E-state index contributed by atoms with van der Waals surface area (Å²) in [5.74, 6) is -0.481. The molecule has 0 aliphatic heterocycles. The minimum Gasteiger partial charge on any atom is -0.486 e. The molecule has 1 heterocycles. The van der Waals surface area contributed by atoms with E-state index in [1.54, 1.807) is 24.3 Å². The third-order valence-electron chi connectivity index (χ3n) is 3.19. The first-order chi connectivity index (χ1) is 11.4. The van der Waals surface area contributed by atoms with Crippen LogP contribution in [0.3, 0.4) is 0 Å². The van der Waals surface area contributed by atoms with Crippen LogP contribution in [0.1, 0.15) is 40.5 Å². The number of ether oxygens (including phenoxy) is 1. The summed E-state index contributed by atoms with van der Waals surface area (Å²) in [7, 11) is 0. The number of ketones is 1. The predicted octanol–water partition coefficient (Wildman–Crippen LogP) is 1.06. The minimum atomic E-state index is -0.816. The van der Waals surface area contributed by atoms with Crippen LogP contribution >= 0.6 is 0 Å². The van der Waals surface area contributed by atoms with Crippen molar-refractivity contribution in [3.63, 3.8) is 0 Å². The first-order valence-electron chi connectivity index (χ1n) is 7.16. The zero-order chi connectivity index (χ0) is 17.7. The van der Waals surface area contributed by atoms with E-state index in [9.17, 15) is 14.4 Å². The second-order valence-electron chi connectivity index (χ2n) is 5.15. The average Bonchev–Trinajstić information content (AvgIpc) is 3.02. The van der Waals surface area contributed by atoms with Gasteiger partial charge in [-0.2, -0.15) is 0 Å². The Balaban J connectivity index is 1.96. The number of primary amides is 1. The van der Waals surface area contributed by atoms with Crippen molar-refractivity contribution in [2.45, 2.75) is 26.5 Å². The van der Waals surface area contributed by atoms with E-state index in [-0.39, 0.29) is 18.1 Å². The molecule has 8 heteroatoms. The van der Waals surface area contributed by atoms with E-state index >= 15 is 0 Å². The highest BCUT2D eigenvalue weighted by Crippen LogP contribution is 2.16. The van der Waals surface area contributed by atoms with Gasteiger partial charge in [0, 0.05) is 11.6 Å². The van der Waals surface area contributed by atoms with E-state index in [0.29, 0.717) is 17.1 Å². The molecule has 1 atom stereocenters. The maximum atomic E-state index is 11.8. The van der Waals surface area contributed by atoms with Crippen LogP contribution in [0.2, 0.25) is 0 Å². The largest absolute Gasteiger partial charge is 0.486 e. The Bertz CT molecular complexity index is 769. The first-order valence-corrected chi connectivity index (χ1v) is 7.16. The van der Waals surface area contributed by atoms with Crippen molar-refractivity contribution in [2.75, 3.05) is 0 Å². The molecule has 3 N–H and O–H groups in total. The fraction of sp³-hybridized carbons (Fsp3) is 0.250. The summed E-state index contributed by atoms with van der Waals surface area (Å²) in [5, 5.41) is 6.00. The molecule has 1 aromatic heterocycles. The van der Waals surface area contributed by atoms with E-state index in [4.69, 9.17) is 15.0 Å². The molecule has 0 aliphatic rings. The molecule has 0 radical (unpaired) electrons. The predicted molar refractivity (Wildman–Crippen MR) is 83.4 cm³/mol. The molecule has 8 nitrogen and oxygen atoms in total. The number of Topliss-reactive ketones (excluding diaryl/α,β-unsaturated/α-hetero) is 1. The summed E-state index contributed by atoms with van der Waals surface area (Å²) in [6.45, 7) is 2.97. The van der Waals surface area contributed by atoms with Gasteiger partial charge in [0.15, 0.2) is 17.2 Å². The van der Waals surface area contributed by atoms with Gasteiger partial charge >= 0.3 is 0 Å². The summed E-state index contributed by atoms with van der Waals surface area (Å²) in [6, 6.07) is 7.29. The van der Waals surface area contributed by atoms with E-state index in [2.05, 4.69) is 10.5 Å². The number of nitrogens with zero attached hydrogens (tertiary/aromatic N) is 1. The Morgan fingerprint density at radius 1 is 1.33 bits per heavy atom. The van der Waals surface area contributed by atoms with Crippen LogP contribution < -0.4 is 15.8 Å². The molecule has 0 spiro atoms. The molecule has 0 saturated carbocycles. The number of aromatic nitrogens is 1. The number of nitrogens with one attached hydrogen (secondary N) is 1. The van der Waals surface area contributed by atoms with Crippen molar-refractivity contribution in [1.29, 1.82) is 0 Å². The molecule has 0 bridgehead atoms. The van der Waals surface area contributed by atoms with E-state index < -0.39 is 17.9 Å². The fourth-order valence-corrected chi connectivity index (χ4v) is 1.79. The van der Waals surface area contributed by atoms with Gasteiger partial charge in [-0.3, -0.25) is 14.4 Å². The molecule has 2 amide bonds. The lowest BCUT2D eigenvalue weighted by Crippen LogP contribution is -2.42. The van der Waals surface area contributed by atoms with Crippen LogP contribution in [0.25, 0.3) is 0 Å². The maximum Gasteiger partial charge on any atom is 0.274 e. The van der Waals surface area contributed by atoms with Crippen LogP contribution in [-0.4, -0.2) is 28.8 Å². The second kappa shape index (κ2) is 7.40. The summed E-state index contributed by atoms with van der Waals surface area (Å²) < 4.78 is 10.5. The van der Waals surface area contributed by atoms with Gasteiger partial charge in [0.25, 0.3) is 5.91 Å². The molecule has 0 aliphatic carbocycles. The minimum absolute atomic E-state index is 0.0131. The Kier molecular flexibility index (Phi) is 5.31. The van der Waals surface area contributed by atoms with Gasteiger partial charge in [0.1, 0.15) is 18.4 Å². The quantitative estimate of drug-likeness (QED) is 0.731. The van der Waals surface area contributed by atoms with E-state index in [1.807, 2.05) is 0 Å². The number of amides is 2. The maximum absolute atomic E-state index is 11.8. The molecule has 24 heavy (non-hydrogen) atoms. The Morgan fingerprint density at radius 2 is 2.08 bits per heavy atom. The Labute approximate surface area is 137 Å². The third kappa shape index (κ3) is 4.42. The Hall–Kier alpha value is -3.16. The molecular formula is C16H17N3O5. The van der Waals surface area contributed by atoms with E-state index in [1.165, 1.54) is 19.9 Å². The Morgan fingerprint density at radius 3 is 2.75 bits per heavy atom. The van der Waals surface area contributed by atoms with Crippen LogP contribution in [0.5, 0.6) is 5.75 Å². The lowest BCUT2D eigenvalue weighted by molar-refractivity contribution is -0.119. The monoisotopic (exact) mass is 331 g/mol. The summed E-state index contributed by atoms with van der Waals surface area (Å²) in [4.78, 5) is 34.1. The molecule has 0 saturated heterocycles. The van der Waals surface area contributed by atoms with Gasteiger partial charge in [0.05, 0.1) is 0 Å². The van der Waals surface area contributed by atoms with Gasteiger partial charge in [-0.15, -0.1) is 0 Å². The van der Waals surface area contributed by atoms with Gasteiger partial charge < -0.3 is 20.3 Å². The van der Waals surface area contributed by atoms with Crippen molar-refractivity contribution in [3.8, 4) is 5.75 Å². The van der Waals surface area contributed by atoms with Gasteiger partial charge in [-0.1, -0.05) is 17.3 Å². The molecule has 126 valence electrons. The van der Waals surface area contributed by atoms with Crippen LogP contribution in [0.15, 0.2) is 34.9 Å². The zero-order valence-electron chi connectivity index (χ0n) is 13.2. The number of nitrogens with two attached hydrogens (primary N) is 1. The number of rotatable bonds is 7. The topological polar surface area (TPSA) is 125 Å². The van der Waals surface area contributed by atoms with E-state index in [0.717, 1.165) is 0 Å². The highest BCUT2D eigenvalue weighted by atomic mass is 16.5. The summed E-state index contributed by atoms with van der Waals surface area (Å²) >= 11 is 0. The van der Waals surface area contributed by atoms with Crippen molar-refractivity contribution >= 4 is 17.6 Å². The SMILES string of the molecule is CC(=O)c1cccc(OCc2cc(C(=O)N[C@@H](C)C(N)=O)no2)c1. The second-order valence-corrected chi connectivity index (χ2v) is 5.15. The third-order valence-corrected chi connectivity index (χ3v) is 3.19. The average molecular weight is 331 g/mol. The summed E-state index contributed by atoms with van der Waals surface area (Å²) in [5.41, 5.74) is 5.62. The number of hydrogen-bond donors (Lipinski definition) is 2. The number of hydrogen-bond acceptors (Lipinski definition) is 6. The van der Waals surface area contributed by atoms with Crippen molar-refractivity contribution in [1.82, 2.24) is 10.5 Å². The molecule has 0 fully saturated rings. The van der Waals surface area contributed by atoms with Crippen molar-refractivity contribution in [3.05, 3.63) is 47.3 Å². The van der Waals surface area contributed by atoms with Crippen molar-refractivity contribution < 1.29 is 23.6 Å². The van der Waals surface area contributed by atoms with Crippen LogP contribution in [0.4, 0.5) is 0 Å². The molecule has 0 unspecified atom stereocenters. The lowest BCUT2D eigenvalue weighted by Gasteiger charge is -2.07. The van der Waals surface area contributed by atoms with Crippen LogP contribution in [-0.2, 0) is 11.4 Å². The van der Waals surface area contributed by atoms with Crippen molar-refractivity contribution in [2.24, 2.45) is 5.73 Å². The molecule has 2 rings (SSSR count). The normalized spacial score (nSPS) is 11.6. The smallest absolute Gasteiger partial charge is 0.274 e. The standard InChI is InChI=1S/C16H17N3O5/c1-9(15(17)21)18-16(22)14-7-13(24-19-14)8-23-12-5-3-4-11(6-12)10(2)20/h3-7,9H,8H2,1-2H3,(H2,17,21)(H,18,22)/t9-/m0/s1. The zero-order valence-corrected chi connectivity index (χ0v) is 13.2. The lowest BCUT2D eigenvalue weighted by atomic mass is 10.1. The van der Waals surface area contributed by atoms with Crippen LogP contribution in [0, 0.1) is 0 Å². The van der Waals surface area contributed by atoms with Gasteiger partial charge in [-0.25, -0.2) is 0 Å². The van der Waals surface area contributed by atoms with Gasteiger partial charge in [0.2, 0.25) is 5.91 Å². The highest BCUT2D eigenvalue weighted by molar-refractivity contribution is 5.95. The number of carbonyl (C=O) groups is 3. The number of carbonyl (C=O) groups excluding carboxylic acids is 3. The number of benzene rings is 1. The molecular weight excluding hydrogens is 314 g/mol. The van der Waals surface area contributed by atoms with Gasteiger partial charge in [-0.05, 0) is 26.0 Å². The first kappa shape index (κ1) is 17.2. The fourth-order valence-electron chi connectivity index (χ4n) is 1.79.